The molecule has 0 aromatic heterocycles. The summed E-state index contributed by atoms with van der Waals surface area (Å²) in [6, 6.07) is 14.5. The first-order chi connectivity index (χ1) is 11.5. The van der Waals surface area contributed by atoms with Gasteiger partial charge in [-0.3, -0.25) is 9.59 Å². The number of nitrogens with two attached hydrogens (primary N) is 2. The maximum absolute atomic E-state index is 13.0. The number of rotatable bonds is 5. The number of carbonyl (C=O) groups is 2. The molecule has 2 amide bonds. The minimum Gasteiger partial charge on any atom is -0.369 e. The zero-order chi connectivity index (χ0) is 17.4. The number of halogens is 1. The van der Waals surface area contributed by atoms with Crippen LogP contribution in [0.2, 0.25) is 0 Å². The van der Waals surface area contributed by atoms with E-state index in [1.54, 1.807) is 0 Å². The molecule has 3 rings (SSSR count). The van der Waals surface area contributed by atoms with Crippen molar-refractivity contribution in [3.8, 4) is 0 Å². The number of carbonyl (C=O) groups excluding carboxylic acids is 2. The van der Waals surface area contributed by atoms with Crippen molar-refractivity contribution in [2.45, 2.75) is 11.8 Å². The van der Waals surface area contributed by atoms with Gasteiger partial charge in [0, 0.05) is 17.6 Å². The summed E-state index contributed by atoms with van der Waals surface area (Å²) in [7, 11) is 0. The fourth-order valence-corrected chi connectivity index (χ4v) is 3.38. The average molecular weight is 327 g/mol. The highest BCUT2D eigenvalue weighted by atomic mass is 19.1. The smallest absolute Gasteiger partial charge is 0.241 e. The van der Waals surface area contributed by atoms with Gasteiger partial charge >= 0.3 is 0 Å². The first-order valence-electron chi connectivity index (χ1n) is 7.59. The number of amides is 2. The van der Waals surface area contributed by atoms with Crippen LogP contribution in [0.4, 0.5) is 10.1 Å². The molecule has 1 aliphatic rings. The second-order valence-electron chi connectivity index (χ2n) is 6.06. The molecular weight excluding hydrogens is 309 g/mol. The van der Waals surface area contributed by atoms with E-state index in [-0.39, 0.29) is 13.0 Å². The third-order valence-corrected chi connectivity index (χ3v) is 4.84. The van der Waals surface area contributed by atoms with Crippen molar-refractivity contribution in [3.05, 3.63) is 66.0 Å². The van der Waals surface area contributed by atoms with Gasteiger partial charge in [-0.2, -0.15) is 0 Å². The quantitative estimate of drug-likeness (QED) is 0.726. The van der Waals surface area contributed by atoms with Crippen molar-refractivity contribution in [3.63, 3.8) is 0 Å². The molecule has 0 bridgehead atoms. The van der Waals surface area contributed by atoms with Crippen LogP contribution in [0.3, 0.4) is 0 Å². The fourth-order valence-electron chi connectivity index (χ4n) is 3.38. The third kappa shape index (κ3) is 2.27. The van der Waals surface area contributed by atoms with Gasteiger partial charge in [0.2, 0.25) is 11.8 Å². The van der Waals surface area contributed by atoms with Crippen molar-refractivity contribution in [1.82, 2.24) is 0 Å². The van der Waals surface area contributed by atoms with Gasteiger partial charge in [0.1, 0.15) is 11.2 Å². The zero-order valence-electron chi connectivity index (χ0n) is 13.0. The summed E-state index contributed by atoms with van der Waals surface area (Å²) in [5.74, 6) is -1.64. The van der Waals surface area contributed by atoms with Crippen LogP contribution in [0.25, 0.3) is 0 Å². The van der Waals surface area contributed by atoms with E-state index in [1.165, 1.54) is 24.3 Å². The highest BCUT2D eigenvalue weighted by molar-refractivity contribution is 6.15. The highest BCUT2D eigenvalue weighted by Crippen LogP contribution is 2.64. The highest BCUT2D eigenvalue weighted by Gasteiger charge is 2.75. The molecule has 1 aliphatic carbocycles. The molecule has 2 atom stereocenters. The SMILES string of the molecule is NCC1(c2ccccc2)CC1(C(N)=O)C(=O)Nc1ccc(F)cc1. The Labute approximate surface area is 138 Å². The molecule has 0 aliphatic heterocycles. The van der Waals surface area contributed by atoms with E-state index in [0.717, 1.165) is 5.56 Å². The maximum Gasteiger partial charge on any atom is 0.241 e. The molecule has 2 unspecified atom stereocenters. The van der Waals surface area contributed by atoms with Crippen LogP contribution in [0.5, 0.6) is 0 Å². The minimum atomic E-state index is -1.41. The summed E-state index contributed by atoms with van der Waals surface area (Å²) in [6.45, 7) is 0.122. The van der Waals surface area contributed by atoms with Crippen molar-refractivity contribution < 1.29 is 14.0 Å². The summed E-state index contributed by atoms with van der Waals surface area (Å²) in [4.78, 5) is 25.0. The number of primary amides is 1. The van der Waals surface area contributed by atoms with Gasteiger partial charge in [0.25, 0.3) is 0 Å². The van der Waals surface area contributed by atoms with E-state index in [9.17, 15) is 14.0 Å². The van der Waals surface area contributed by atoms with Gasteiger partial charge < -0.3 is 16.8 Å². The maximum atomic E-state index is 13.0. The normalized spacial score (nSPS) is 25.1. The lowest BCUT2D eigenvalue weighted by atomic mass is 9.84. The Morgan fingerprint density at radius 3 is 2.25 bits per heavy atom. The topological polar surface area (TPSA) is 98.2 Å². The predicted molar refractivity (Wildman–Crippen MR) is 88.4 cm³/mol. The summed E-state index contributed by atoms with van der Waals surface area (Å²) in [5, 5.41) is 2.65. The Hall–Kier alpha value is -2.73. The molecule has 1 fully saturated rings. The van der Waals surface area contributed by atoms with Gasteiger partial charge in [0.05, 0.1) is 0 Å². The van der Waals surface area contributed by atoms with Crippen LogP contribution >= 0.6 is 0 Å². The van der Waals surface area contributed by atoms with E-state index < -0.39 is 28.5 Å². The summed E-state index contributed by atoms with van der Waals surface area (Å²) in [6.07, 6.45) is 0.253. The standard InChI is InChI=1S/C18H18FN3O2/c19-13-6-8-14(9-7-13)22-16(24)18(15(21)23)10-17(18,11-20)12-4-2-1-3-5-12/h1-9H,10-11,20H2,(H2,21,23)(H,22,24). The van der Waals surface area contributed by atoms with Crippen LogP contribution in [-0.2, 0) is 15.0 Å². The van der Waals surface area contributed by atoms with E-state index in [1.807, 2.05) is 30.3 Å². The van der Waals surface area contributed by atoms with E-state index in [4.69, 9.17) is 11.5 Å². The molecule has 1 saturated carbocycles. The Morgan fingerprint density at radius 2 is 1.71 bits per heavy atom. The molecule has 0 radical (unpaired) electrons. The van der Waals surface area contributed by atoms with Crippen LogP contribution < -0.4 is 16.8 Å². The van der Waals surface area contributed by atoms with Crippen molar-refractivity contribution >= 4 is 17.5 Å². The van der Waals surface area contributed by atoms with Crippen molar-refractivity contribution in [1.29, 1.82) is 0 Å². The Balaban J connectivity index is 1.94. The molecule has 2 aromatic carbocycles. The first kappa shape index (κ1) is 16.1. The minimum absolute atomic E-state index is 0.122. The van der Waals surface area contributed by atoms with E-state index >= 15 is 0 Å². The number of benzene rings is 2. The molecule has 24 heavy (non-hydrogen) atoms. The van der Waals surface area contributed by atoms with Gasteiger partial charge in [0.15, 0.2) is 0 Å². The molecule has 5 N–H and O–H groups in total. The number of hydrogen-bond donors (Lipinski definition) is 3. The van der Waals surface area contributed by atoms with Gasteiger partial charge in [-0.1, -0.05) is 30.3 Å². The number of hydrogen-bond acceptors (Lipinski definition) is 3. The largest absolute Gasteiger partial charge is 0.369 e. The van der Waals surface area contributed by atoms with E-state index in [2.05, 4.69) is 5.32 Å². The molecule has 2 aromatic rings. The Bertz CT molecular complexity index is 779. The average Bonchev–Trinajstić information content (AvgIpc) is 3.30. The predicted octanol–water partition coefficient (Wildman–Crippen LogP) is 1.54. The summed E-state index contributed by atoms with van der Waals surface area (Å²) >= 11 is 0. The Kier molecular flexibility index (Phi) is 3.85. The van der Waals surface area contributed by atoms with Gasteiger partial charge in [-0.15, -0.1) is 0 Å². The lowest BCUT2D eigenvalue weighted by Gasteiger charge is -2.22. The van der Waals surface area contributed by atoms with Crippen molar-refractivity contribution in [2.75, 3.05) is 11.9 Å². The molecule has 0 heterocycles. The van der Waals surface area contributed by atoms with Crippen LogP contribution in [0, 0.1) is 11.2 Å². The molecule has 124 valence electrons. The summed E-state index contributed by atoms with van der Waals surface area (Å²) in [5.41, 5.74) is 10.5. The molecule has 0 spiro atoms. The molecular formula is C18H18FN3O2. The second-order valence-corrected chi connectivity index (χ2v) is 6.06. The summed E-state index contributed by atoms with van der Waals surface area (Å²) < 4.78 is 13.0. The zero-order valence-corrected chi connectivity index (χ0v) is 13.0. The van der Waals surface area contributed by atoms with Gasteiger partial charge in [-0.25, -0.2) is 4.39 Å². The monoisotopic (exact) mass is 327 g/mol. The van der Waals surface area contributed by atoms with Crippen molar-refractivity contribution in [2.24, 2.45) is 16.9 Å². The lowest BCUT2D eigenvalue weighted by molar-refractivity contribution is -0.133. The molecule has 6 heteroatoms. The van der Waals surface area contributed by atoms with Gasteiger partial charge in [-0.05, 0) is 36.2 Å². The van der Waals surface area contributed by atoms with Crippen LogP contribution in [0.15, 0.2) is 54.6 Å². The van der Waals surface area contributed by atoms with E-state index in [0.29, 0.717) is 5.69 Å². The fraction of sp³-hybridized carbons (Fsp3) is 0.222. The Morgan fingerprint density at radius 1 is 1.08 bits per heavy atom. The van der Waals surface area contributed by atoms with Crippen LogP contribution in [0.1, 0.15) is 12.0 Å². The molecule has 5 nitrogen and oxygen atoms in total. The van der Waals surface area contributed by atoms with Crippen LogP contribution in [-0.4, -0.2) is 18.4 Å². The number of nitrogens with one attached hydrogen (secondary N) is 1. The first-order valence-corrected chi connectivity index (χ1v) is 7.59. The third-order valence-electron chi connectivity index (χ3n) is 4.84. The number of anilines is 1. The second kappa shape index (κ2) is 5.72. The molecule has 0 saturated heterocycles. The lowest BCUT2D eigenvalue weighted by Crippen LogP contribution is -2.44.